The number of hydrogen-bond acceptors (Lipinski definition) is 3. The summed E-state index contributed by atoms with van der Waals surface area (Å²) in [5.74, 6) is 0.705. The fourth-order valence-corrected chi connectivity index (χ4v) is 2.51. The quantitative estimate of drug-likeness (QED) is 0.738. The smallest absolute Gasteiger partial charge is 0.116 e. The van der Waals surface area contributed by atoms with Crippen molar-refractivity contribution >= 4 is 28.5 Å². The number of hydrogen-bond donors (Lipinski definition) is 1. The molecule has 0 radical (unpaired) electrons. The van der Waals surface area contributed by atoms with E-state index in [-0.39, 0.29) is 0 Å². The van der Waals surface area contributed by atoms with Gasteiger partial charge in [0, 0.05) is 5.92 Å². The molecule has 0 aromatic carbocycles. The summed E-state index contributed by atoms with van der Waals surface area (Å²) in [5, 5.41) is 1.22. The molecule has 0 aliphatic heterocycles. The number of thiazole rings is 1. The van der Waals surface area contributed by atoms with Gasteiger partial charge in [-0.05, 0) is 19.8 Å². The van der Waals surface area contributed by atoms with Crippen LogP contribution >= 0.6 is 23.6 Å². The molecular formula is C8H10N2S2. The normalized spacial score (nSPS) is 16.4. The van der Waals surface area contributed by atoms with Crippen LogP contribution in [0.25, 0.3) is 0 Å². The second-order valence-corrected chi connectivity index (χ2v) is 4.58. The number of nitrogens with zero attached hydrogens (tertiary/aromatic N) is 1. The predicted molar refractivity (Wildman–Crippen MR) is 54.7 cm³/mol. The number of aromatic nitrogens is 1. The van der Waals surface area contributed by atoms with E-state index in [1.807, 2.05) is 6.92 Å². The van der Waals surface area contributed by atoms with Gasteiger partial charge in [-0.1, -0.05) is 12.2 Å². The van der Waals surface area contributed by atoms with Crippen LogP contribution in [0.3, 0.4) is 0 Å². The highest BCUT2D eigenvalue weighted by Crippen LogP contribution is 2.42. The molecular weight excluding hydrogens is 188 g/mol. The van der Waals surface area contributed by atoms with Crippen molar-refractivity contribution in [2.75, 3.05) is 0 Å². The molecule has 1 fully saturated rings. The summed E-state index contributed by atoms with van der Waals surface area (Å²) in [4.78, 5) is 5.92. The Kier molecular flexibility index (Phi) is 1.88. The number of nitrogens with two attached hydrogens (primary N) is 1. The van der Waals surface area contributed by atoms with E-state index in [4.69, 9.17) is 18.0 Å². The van der Waals surface area contributed by atoms with Gasteiger partial charge in [-0.15, -0.1) is 11.3 Å². The molecule has 2 rings (SSSR count). The minimum absolute atomic E-state index is 0.483. The molecule has 2 nitrogen and oxygen atoms in total. The summed E-state index contributed by atoms with van der Waals surface area (Å²) in [5.41, 5.74) is 6.55. The SMILES string of the molecule is Cc1nc(C2CC2)sc1C(N)=S. The third kappa shape index (κ3) is 1.36. The van der Waals surface area contributed by atoms with Gasteiger partial charge in [0.15, 0.2) is 0 Å². The Balaban J connectivity index is 2.36. The van der Waals surface area contributed by atoms with Gasteiger partial charge < -0.3 is 5.73 Å². The zero-order valence-electron chi connectivity index (χ0n) is 6.83. The van der Waals surface area contributed by atoms with Gasteiger partial charge in [0.05, 0.1) is 15.6 Å². The van der Waals surface area contributed by atoms with Gasteiger partial charge in [0.1, 0.15) is 4.99 Å². The van der Waals surface area contributed by atoms with Gasteiger partial charge in [-0.25, -0.2) is 4.98 Å². The minimum Gasteiger partial charge on any atom is -0.389 e. The molecule has 64 valence electrons. The molecule has 1 aliphatic rings. The fraction of sp³-hybridized carbons (Fsp3) is 0.500. The Morgan fingerprint density at radius 1 is 1.67 bits per heavy atom. The van der Waals surface area contributed by atoms with Gasteiger partial charge in [0.25, 0.3) is 0 Å². The zero-order valence-corrected chi connectivity index (χ0v) is 8.47. The van der Waals surface area contributed by atoms with Crippen molar-refractivity contribution in [1.29, 1.82) is 0 Å². The molecule has 2 N–H and O–H groups in total. The first kappa shape index (κ1) is 8.13. The lowest BCUT2D eigenvalue weighted by Gasteiger charge is -1.89. The van der Waals surface area contributed by atoms with Crippen molar-refractivity contribution in [3.05, 3.63) is 15.6 Å². The average Bonchev–Trinajstić information content (AvgIpc) is 2.75. The maximum absolute atomic E-state index is 5.55. The topological polar surface area (TPSA) is 38.9 Å². The molecule has 1 saturated carbocycles. The van der Waals surface area contributed by atoms with E-state index in [1.165, 1.54) is 17.8 Å². The Morgan fingerprint density at radius 3 is 2.75 bits per heavy atom. The van der Waals surface area contributed by atoms with Crippen LogP contribution in [0.2, 0.25) is 0 Å². The van der Waals surface area contributed by atoms with Crippen LogP contribution in [-0.2, 0) is 0 Å². The van der Waals surface area contributed by atoms with E-state index in [2.05, 4.69) is 4.98 Å². The lowest BCUT2D eigenvalue weighted by atomic mass is 10.4. The molecule has 0 bridgehead atoms. The van der Waals surface area contributed by atoms with Crippen molar-refractivity contribution in [1.82, 2.24) is 4.98 Å². The standard InChI is InChI=1S/C8H10N2S2/c1-4-6(7(9)11)12-8(10-4)5-2-3-5/h5H,2-3H2,1H3,(H2,9,11). The van der Waals surface area contributed by atoms with Crippen molar-refractivity contribution in [3.63, 3.8) is 0 Å². The van der Waals surface area contributed by atoms with Gasteiger partial charge in [0.2, 0.25) is 0 Å². The van der Waals surface area contributed by atoms with Crippen LogP contribution in [0, 0.1) is 6.92 Å². The first-order chi connectivity index (χ1) is 5.68. The van der Waals surface area contributed by atoms with E-state index in [0.717, 1.165) is 10.6 Å². The van der Waals surface area contributed by atoms with Crippen LogP contribution in [0.5, 0.6) is 0 Å². The van der Waals surface area contributed by atoms with E-state index >= 15 is 0 Å². The van der Waals surface area contributed by atoms with Gasteiger partial charge in [-0.3, -0.25) is 0 Å². The van der Waals surface area contributed by atoms with Gasteiger partial charge >= 0.3 is 0 Å². The average molecular weight is 198 g/mol. The first-order valence-corrected chi connectivity index (χ1v) is 5.18. The lowest BCUT2D eigenvalue weighted by molar-refractivity contribution is 1.06. The molecule has 0 spiro atoms. The van der Waals surface area contributed by atoms with E-state index < -0.39 is 0 Å². The summed E-state index contributed by atoms with van der Waals surface area (Å²) in [6, 6.07) is 0. The van der Waals surface area contributed by atoms with Crippen molar-refractivity contribution in [2.24, 2.45) is 5.73 Å². The van der Waals surface area contributed by atoms with Crippen molar-refractivity contribution in [2.45, 2.75) is 25.7 Å². The molecule has 0 atom stereocenters. The highest BCUT2D eigenvalue weighted by molar-refractivity contribution is 7.81. The van der Waals surface area contributed by atoms with Crippen LogP contribution in [-0.4, -0.2) is 9.97 Å². The van der Waals surface area contributed by atoms with Crippen molar-refractivity contribution < 1.29 is 0 Å². The van der Waals surface area contributed by atoms with Crippen molar-refractivity contribution in [3.8, 4) is 0 Å². The largest absolute Gasteiger partial charge is 0.389 e. The molecule has 4 heteroatoms. The summed E-state index contributed by atoms with van der Waals surface area (Å²) in [6.07, 6.45) is 2.56. The second-order valence-electron chi connectivity index (χ2n) is 3.11. The zero-order chi connectivity index (χ0) is 8.72. The number of aryl methyl sites for hydroxylation is 1. The predicted octanol–water partition coefficient (Wildman–Crippen LogP) is 1.96. The molecule has 1 aromatic heterocycles. The first-order valence-electron chi connectivity index (χ1n) is 3.95. The third-order valence-electron chi connectivity index (χ3n) is 1.96. The number of rotatable bonds is 2. The van der Waals surface area contributed by atoms with Crippen LogP contribution in [0.15, 0.2) is 0 Å². The summed E-state index contributed by atoms with van der Waals surface area (Å²) in [7, 11) is 0. The van der Waals surface area contributed by atoms with Gasteiger partial charge in [-0.2, -0.15) is 0 Å². The highest BCUT2D eigenvalue weighted by Gasteiger charge is 2.27. The highest BCUT2D eigenvalue weighted by atomic mass is 32.1. The molecule has 0 unspecified atom stereocenters. The summed E-state index contributed by atoms with van der Waals surface area (Å²) in [6.45, 7) is 1.97. The monoisotopic (exact) mass is 198 g/mol. The third-order valence-corrected chi connectivity index (χ3v) is 3.65. The molecule has 1 aromatic rings. The lowest BCUT2D eigenvalue weighted by Crippen LogP contribution is -2.08. The molecule has 0 saturated heterocycles. The van der Waals surface area contributed by atoms with E-state index in [0.29, 0.717) is 10.9 Å². The Hall–Kier alpha value is -0.480. The molecule has 0 amide bonds. The Bertz CT molecular complexity index is 326. The van der Waals surface area contributed by atoms with E-state index in [1.54, 1.807) is 11.3 Å². The summed E-state index contributed by atoms with van der Waals surface area (Å²) < 4.78 is 0. The Morgan fingerprint density at radius 2 is 2.33 bits per heavy atom. The molecule has 1 aliphatic carbocycles. The van der Waals surface area contributed by atoms with E-state index in [9.17, 15) is 0 Å². The second kappa shape index (κ2) is 2.78. The molecule has 12 heavy (non-hydrogen) atoms. The Labute approximate surface area is 80.8 Å². The number of thiocarbonyl (C=S) groups is 1. The maximum atomic E-state index is 5.55. The van der Waals surface area contributed by atoms with Crippen LogP contribution < -0.4 is 5.73 Å². The molecule has 1 heterocycles. The fourth-order valence-electron chi connectivity index (χ4n) is 1.15. The van der Waals surface area contributed by atoms with Crippen LogP contribution in [0.4, 0.5) is 0 Å². The summed E-state index contributed by atoms with van der Waals surface area (Å²) >= 11 is 6.58. The minimum atomic E-state index is 0.483. The maximum Gasteiger partial charge on any atom is 0.116 e. The van der Waals surface area contributed by atoms with Crippen LogP contribution in [0.1, 0.15) is 34.3 Å².